The van der Waals surface area contributed by atoms with Crippen LogP contribution in [0.2, 0.25) is 10.0 Å². The number of hydrogen-bond donors (Lipinski definition) is 0. The number of thioether (sulfide) groups is 1. The molecule has 1 fully saturated rings. The van der Waals surface area contributed by atoms with Crippen molar-refractivity contribution >= 4 is 52.4 Å². The molecule has 4 nitrogen and oxygen atoms in total. The quantitative estimate of drug-likeness (QED) is 0.619. The molecule has 0 N–H and O–H groups in total. The Kier molecular flexibility index (Phi) is 5.78. The monoisotopic (exact) mass is 433 g/mol. The third kappa shape index (κ3) is 3.98. The van der Waals surface area contributed by atoms with Gasteiger partial charge in [-0.25, -0.2) is 0 Å². The summed E-state index contributed by atoms with van der Waals surface area (Å²) in [7, 11) is 0. The van der Waals surface area contributed by atoms with Gasteiger partial charge in [-0.3, -0.25) is 14.5 Å². The molecule has 0 spiro atoms. The highest BCUT2D eigenvalue weighted by atomic mass is 35.5. The topological polar surface area (TPSA) is 46.6 Å². The minimum atomic E-state index is -0.292. The Morgan fingerprint density at radius 1 is 0.964 bits per heavy atom. The number of benzene rings is 2. The van der Waals surface area contributed by atoms with E-state index in [-0.39, 0.29) is 24.5 Å². The molecule has 7 heteroatoms. The molecule has 2 heterocycles. The minimum absolute atomic E-state index is 0.0979. The van der Waals surface area contributed by atoms with Crippen molar-refractivity contribution in [1.29, 1.82) is 0 Å². The van der Waals surface area contributed by atoms with Crippen LogP contribution in [-0.2, 0) is 14.3 Å². The third-order valence-electron chi connectivity index (χ3n) is 4.70. The summed E-state index contributed by atoms with van der Waals surface area (Å²) < 4.78 is 5.63. The smallest absolute Gasteiger partial charge is 0.268 e. The number of halogens is 2. The molecule has 144 valence electrons. The number of nitrogens with zero attached hydrogens (tertiary/aromatic N) is 1. The summed E-state index contributed by atoms with van der Waals surface area (Å²) in [4.78, 5) is 28.9. The van der Waals surface area contributed by atoms with E-state index < -0.39 is 0 Å². The van der Waals surface area contributed by atoms with Crippen molar-refractivity contribution in [1.82, 2.24) is 4.90 Å². The third-order valence-corrected chi connectivity index (χ3v) is 6.30. The average Bonchev–Trinajstić information content (AvgIpc) is 3.28. The van der Waals surface area contributed by atoms with Crippen LogP contribution in [0.3, 0.4) is 0 Å². The van der Waals surface area contributed by atoms with Crippen LogP contribution in [0, 0.1) is 0 Å². The van der Waals surface area contributed by atoms with E-state index in [1.54, 1.807) is 36.4 Å². The van der Waals surface area contributed by atoms with Gasteiger partial charge in [0.15, 0.2) is 0 Å². The Morgan fingerprint density at radius 3 is 2.21 bits per heavy atom. The molecular weight excluding hydrogens is 417 g/mol. The van der Waals surface area contributed by atoms with Crippen molar-refractivity contribution in [3.8, 4) is 0 Å². The normalized spacial score (nSPS) is 19.8. The zero-order valence-electron chi connectivity index (χ0n) is 14.9. The van der Waals surface area contributed by atoms with E-state index in [4.69, 9.17) is 27.9 Å². The molecule has 2 amide bonds. The number of imide groups is 1. The van der Waals surface area contributed by atoms with Gasteiger partial charge >= 0.3 is 0 Å². The molecule has 0 radical (unpaired) electrons. The molecule has 0 aliphatic carbocycles. The van der Waals surface area contributed by atoms with Crippen LogP contribution < -0.4 is 0 Å². The van der Waals surface area contributed by atoms with E-state index in [1.165, 1.54) is 16.7 Å². The van der Waals surface area contributed by atoms with Gasteiger partial charge in [0.2, 0.25) is 0 Å². The molecule has 1 saturated heterocycles. The summed E-state index contributed by atoms with van der Waals surface area (Å²) in [5, 5.41) is 1.19. The summed E-state index contributed by atoms with van der Waals surface area (Å²) in [6.45, 7) is 0.949. The number of carbonyl (C=O) groups is 2. The number of ether oxygens (including phenoxy) is 1. The number of hydrogen-bond acceptors (Lipinski definition) is 4. The van der Waals surface area contributed by atoms with Crippen molar-refractivity contribution < 1.29 is 14.3 Å². The van der Waals surface area contributed by atoms with Crippen LogP contribution >= 0.6 is 35.0 Å². The van der Waals surface area contributed by atoms with Crippen LogP contribution in [0.1, 0.15) is 18.4 Å². The van der Waals surface area contributed by atoms with Gasteiger partial charge in [-0.15, -0.1) is 0 Å². The lowest BCUT2D eigenvalue weighted by molar-refractivity contribution is -0.138. The van der Waals surface area contributed by atoms with Crippen molar-refractivity contribution in [2.24, 2.45) is 0 Å². The Balaban J connectivity index is 1.70. The number of carbonyl (C=O) groups excluding carboxylic acids is 2. The van der Waals surface area contributed by atoms with E-state index >= 15 is 0 Å². The SMILES string of the molecule is O=C1C(Sc2ccc(Cl)cc2)=C(c2ccc(Cl)cc2)C(=O)N1CC1CCCO1. The van der Waals surface area contributed by atoms with Crippen LogP contribution in [0.25, 0.3) is 5.57 Å². The molecule has 2 aliphatic heterocycles. The lowest BCUT2D eigenvalue weighted by atomic mass is 10.1. The van der Waals surface area contributed by atoms with Crippen LogP contribution in [0.15, 0.2) is 58.3 Å². The average molecular weight is 434 g/mol. The van der Waals surface area contributed by atoms with Crippen LogP contribution in [-0.4, -0.2) is 36.0 Å². The van der Waals surface area contributed by atoms with Gasteiger partial charge in [0.1, 0.15) is 0 Å². The summed E-state index contributed by atoms with van der Waals surface area (Å²) in [6, 6.07) is 14.2. The number of amides is 2. The van der Waals surface area contributed by atoms with E-state index in [9.17, 15) is 9.59 Å². The molecule has 2 aliphatic rings. The molecule has 1 unspecified atom stereocenters. The lowest BCUT2D eigenvalue weighted by Gasteiger charge is -2.19. The van der Waals surface area contributed by atoms with Gasteiger partial charge in [-0.1, -0.05) is 47.1 Å². The molecule has 2 aromatic rings. The predicted molar refractivity (Wildman–Crippen MR) is 111 cm³/mol. The van der Waals surface area contributed by atoms with Crippen molar-refractivity contribution in [2.75, 3.05) is 13.2 Å². The van der Waals surface area contributed by atoms with Crippen molar-refractivity contribution in [3.05, 3.63) is 69.0 Å². The molecule has 0 bridgehead atoms. The van der Waals surface area contributed by atoms with E-state index in [2.05, 4.69) is 0 Å². The maximum Gasteiger partial charge on any atom is 0.268 e. The Labute approximate surface area is 177 Å². The van der Waals surface area contributed by atoms with Crippen LogP contribution in [0.5, 0.6) is 0 Å². The second-order valence-electron chi connectivity index (χ2n) is 6.62. The first-order chi connectivity index (χ1) is 13.5. The van der Waals surface area contributed by atoms with Crippen molar-refractivity contribution in [3.63, 3.8) is 0 Å². The van der Waals surface area contributed by atoms with E-state index in [0.717, 1.165) is 17.7 Å². The summed E-state index contributed by atoms with van der Waals surface area (Å²) >= 11 is 13.2. The van der Waals surface area contributed by atoms with Gasteiger partial charge in [-0.2, -0.15) is 0 Å². The van der Waals surface area contributed by atoms with Gasteiger partial charge < -0.3 is 4.74 Å². The Bertz CT molecular complexity index is 935. The Hall–Kier alpha value is -1.79. The molecule has 28 heavy (non-hydrogen) atoms. The molecular formula is C21H17Cl2NO3S. The fourth-order valence-corrected chi connectivity index (χ4v) is 4.56. The summed E-state index contributed by atoms with van der Waals surface area (Å²) in [5.41, 5.74) is 1.08. The predicted octanol–water partition coefficient (Wildman–Crippen LogP) is 5.04. The summed E-state index contributed by atoms with van der Waals surface area (Å²) in [6.07, 6.45) is 1.71. The highest BCUT2D eigenvalue weighted by Gasteiger charge is 2.40. The molecule has 2 aromatic carbocycles. The van der Waals surface area contributed by atoms with E-state index in [0.29, 0.717) is 32.7 Å². The van der Waals surface area contributed by atoms with E-state index in [1.807, 2.05) is 12.1 Å². The first kappa shape index (κ1) is 19.5. The second kappa shape index (κ2) is 8.29. The maximum absolute atomic E-state index is 13.2. The second-order valence-corrected chi connectivity index (χ2v) is 8.58. The highest BCUT2D eigenvalue weighted by molar-refractivity contribution is 8.04. The molecule has 1 atom stereocenters. The van der Waals surface area contributed by atoms with Gasteiger partial charge in [0, 0.05) is 21.5 Å². The van der Waals surface area contributed by atoms with Gasteiger partial charge in [0.05, 0.1) is 23.1 Å². The maximum atomic E-state index is 13.2. The van der Waals surface area contributed by atoms with Crippen molar-refractivity contribution in [2.45, 2.75) is 23.8 Å². The fourth-order valence-electron chi connectivity index (χ4n) is 3.30. The first-order valence-corrected chi connectivity index (χ1v) is 10.5. The standard InChI is InChI=1S/C21H17Cl2NO3S/c22-14-5-3-13(4-6-14)18-19(28-17-9-7-15(23)8-10-17)21(26)24(20(18)25)12-16-2-1-11-27-16/h3-10,16H,1-2,11-12H2. The highest BCUT2D eigenvalue weighted by Crippen LogP contribution is 2.40. The largest absolute Gasteiger partial charge is 0.376 e. The zero-order chi connectivity index (χ0) is 19.7. The molecule has 0 saturated carbocycles. The number of rotatable bonds is 5. The lowest BCUT2D eigenvalue weighted by Crippen LogP contribution is -2.37. The van der Waals surface area contributed by atoms with Gasteiger partial charge in [0.25, 0.3) is 11.8 Å². The fraction of sp³-hybridized carbons (Fsp3) is 0.238. The van der Waals surface area contributed by atoms with Gasteiger partial charge in [-0.05, 0) is 54.8 Å². The minimum Gasteiger partial charge on any atom is -0.376 e. The Morgan fingerprint density at radius 2 is 1.61 bits per heavy atom. The zero-order valence-corrected chi connectivity index (χ0v) is 17.2. The van der Waals surface area contributed by atoms with Crippen LogP contribution in [0.4, 0.5) is 0 Å². The molecule has 0 aromatic heterocycles. The summed E-state index contributed by atoms with van der Waals surface area (Å²) in [5.74, 6) is -0.579. The molecule has 4 rings (SSSR count). The first-order valence-electron chi connectivity index (χ1n) is 8.94.